The molecule has 116 valence electrons. The Kier molecular flexibility index (Phi) is 8.02. The molecule has 0 spiro atoms. The average molecular weight is 292 g/mol. The molecule has 3 N–H and O–H groups in total. The zero-order chi connectivity index (χ0) is 16.2. The van der Waals surface area contributed by atoms with Gasteiger partial charge in [-0.15, -0.1) is 0 Å². The molecule has 0 heterocycles. The molecule has 0 aromatic heterocycles. The first-order chi connectivity index (χ1) is 10.6. The molecule has 21 heavy (non-hydrogen) atoms. The number of amides is 3. The van der Waals surface area contributed by atoms with Crippen molar-refractivity contribution >= 4 is 11.9 Å². The predicted molar refractivity (Wildman–Crippen MR) is 84.1 cm³/mol. The Morgan fingerprint density at radius 1 is 1.19 bits per heavy atom. The molecule has 0 saturated carbocycles. The lowest BCUT2D eigenvalue weighted by Crippen LogP contribution is -2.43. The fraction of sp³-hybridized carbons (Fsp3) is 0.500. The lowest BCUT2D eigenvalue weighted by atomic mass is 10.1. The van der Waals surface area contributed by atoms with E-state index in [0.717, 1.165) is 24.8 Å². The van der Waals surface area contributed by atoms with E-state index in [4.69, 9.17) is 1.37 Å². The van der Waals surface area contributed by atoms with Crippen molar-refractivity contribution in [2.45, 2.75) is 32.6 Å². The number of aryl methyl sites for hydroxylation is 1. The van der Waals surface area contributed by atoms with Crippen LogP contribution in [0.2, 0.25) is 0 Å². The molecule has 0 aliphatic carbocycles. The molecule has 0 unspecified atom stereocenters. The predicted octanol–water partition coefficient (Wildman–Crippen LogP) is 1.83. The van der Waals surface area contributed by atoms with E-state index in [2.05, 4.69) is 22.9 Å². The van der Waals surface area contributed by atoms with Gasteiger partial charge in [0.15, 0.2) is 0 Å². The standard InChI is InChI=1S/C16H25N3O2/c1-2-3-7-11-18-16(21)19-15(20)13-17-12-10-14-8-5-4-6-9-14/h4-6,8-9,17H,2-3,7,10-13H2,1H3,(H2,18,19,20,21)/i12D/t12-/m0/s1. The number of rotatable bonds is 9. The third-order valence-electron chi connectivity index (χ3n) is 2.91. The van der Waals surface area contributed by atoms with Crippen LogP contribution in [0.25, 0.3) is 0 Å². The van der Waals surface area contributed by atoms with Crippen LogP contribution in [0.3, 0.4) is 0 Å². The number of nitrogens with one attached hydrogen (secondary N) is 3. The Hall–Kier alpha value is -1.88. The molecule has 0 bridgehead atoms. The molecule has 1 aromatic carbocycles. The van der Waals surface area contributed by atoms with Crippen LogP contribution in [0, 0.1) is 0 Å². The molecule has 5 heteroatoms. The molecule has 0 aliphatic heterocycles. The third-order valence-corrected chi connectivity index (χ3v) is 2.91. The largest absolute Gasteiger partial charge is 0.338 e. The maximum absolute atomic E-state index is 11.6. The molecular formula is C16H25N3O2. The highest BCUT2D eigenvalue weighted by atomic mass is 16.2. The SMILES string of the molecule is [2H][C@@H](Cc1ccccc1)NCC(=O)NC(=O)NCCCCC. The maximum Gasteiger partial charge on any atom is 0.321 e. The van der Waals surface area contributed by atoms with Crippen molar-refractivity contribution in [3.8, 4) is 0 Å². The van der Waals surface area contributed by atoms with E-state index in [0.29, 0.717) is 13.0 Å². The highest BCUT2D eigenvalue weighted by Gasteiger charge is 2.05. The van der Waals surface area contributed by atoms with Crippen LogP contribution >= 0.6 is 0 Å². The molecule has 1 rings (SSSR count). The van der Waals surface area contributed by atoms with Gasteiger partial charge >= 0.3 is 6.03 Å². The van der Waals surface area contributed by atoms with Crippen LogP contribution in [-0.2, 0) is 11.2 Å². The maximum atomic E-state index is 11.6. The Labute approximate surface area is 127 Å². The van der Waals surface area contributed by atoms with Gasteiger partial charge in [0.1, 0.15) is 0 Å². The first-order valence-corrected chi connectivity index (χ1v) is 7.39. The van der Waals surface area contributed by atoms with Crippen LogP contribution in [-0.4, -0.2) is 31.5 Å². The van der Waals surface area contributed by atoms with E-state index in [1.54, 1.807) is 0 Å². The number of carbonyl (C=O) groups excluding carboxylic acids is 2. The van der Waals surface area contributed by atoms with Gasteiger partial charge in [0.05, 0.1) is 6.54 Å². The second kappa shape index (κ2) is 10.9. The number of benzene rings is 1. The highest BCUT2D eigenvalue weighted by molar-refractivity contribution is 5.95. The quantitative estimate of drug-likeness (QED) is 0.608. The summed E-state index contributed by atoms with van der Waals surface area (Å²) in [6, 6.07) is 9.14. The van der Waals surface area contributed by atoms with Gasteiger partial charge in [-0.2, -0.15) is 0 Å². The van der Waals surface area contributed by atoms with Gasteiger partial charge in [-0.25, -0.2) is 4.79 Å². The lowest BCUT2D eigenvalue weighted by Gasteiger charge is -2.07. The van der Waals surface area contributed by atoms with Crippen molar-refractivity contribution in [3.05, 3.63) is 35.9 Å². The van der Waals surface area contributed by atoms with E-state index < -0.39 is 18.5 Å². The van der Waals surface area contributed by atoms with Crippen molar-refractivity contribution in [1.82, 2.24) is 16.0 Å². The smallest absolute Gasteiger partial charge is 0.321 e. The second-order valence-electron chi connectivity index (χ2n) is 4.79. The monoisotopic (exact) mass is 292 g/mol. The number of hydrogen-bond donors (Lipinski definition) is 3. The van der Waals surface area contributed by atoms with Crippen molar-refractivity contribution < 1.29 is 11.0 Å². The summed E-state index contributed by atoms with van der Waals surface area (Å²) in [6.45, 7) is 2.02. The molecule has 0 fully saturated rings. The normalized spacial score (nSPS) is 12.3. The van der Waals surface area contributed by atoms with Crippen molar-refractivity contribution in [2.75, 3.05) is 19.6 Å². The van der Waals surface area contributed by atoms with Crippen LogP contribution in [0.1, 0.15) is 33.1 Å². The fourth-order valence-electron chi connectivity index (χ4n) is 1.76. The van der Waals surface area contributed by atoms with E-state index in [1.807, 2.05) is 30.3 Å². The topological polar surface area (TPSA) is 70.2 Å². The zero-order valence-electron chi connectivity index (χ0n) is 13.5. The second-order valence-corrected chi connectivity index (χ2v) is 4.79. The molecule has 0 saturated heterocycles. The summed E-state index contributed by atoms with van der Waals surface area (Å²) in [4.78, 5) is 23.0. The summed E-state index contributed by atoms with van der Waals surface area (Å²) in [7, 11) is 0. The van der Waals surface area contributed by atoms with Crippen LogP contribution in [0.15, 0.2) is 30.3 Å². The molecule has 3 amide bonds. The van der Waals surface area contributed by atoms with Gasteiger partial charge in [-0.05, 0) is 24.9 Å². The molecule has 1 aromatic rings. The molecular weight excluding hydrogens is 266 g/mol. The minimum Gasteiger partial charge on any atom is -0.338 e. The van der Waals surface area contributed by atoms with Crippen LogP contribution < -0.4 is 16.0 Å². The van der Waals surface area contributed by atoms with E-state index in [-0.39, 0.29) is 6.54 Å². The van der Waals surface area contributed by atoms with E-state index in [1.165, 1.54) is 0 Å². The minimum absolute atomic E-state index is 0.0522. The van der Waals surface area contributed by atoms with Crippen LogP contribution in [0.5, 0.6) is 0 Å². The highest BCUT2D eigenvalue weighted by Crippen LogP contribution is 1.97. The van der Waals surface area contributed by atoms with Crippen molar-refractivity contribution in [1.29, 1.82) is 0 Å². The number of hydrogen-bond acceptors (Lipinski definition) is 3. The first-order valence-electron chi connectivity index (χ1n) is 7.96. The molecule has 0 aliphatic rings. The van der Waals surface area contributed by atoms with E-state index >= 15 is 0 Å². The van der Waals surface area contributed by atoms with Gasteiger partial charge < -0.3 is 10.6 Å². The third kappa shape index (κ3) is 8.81. The van der Waals surface area contributed by atoms with Gasteiger partial charge in [0.2, 0.25) is 5.91 Å². The zero-order valence-corrected chi connectivity index (χ0v) is 12.5. The van der Waals surface area contributed by atoms with Crippen molar-refractivity contribution in [2.24, 2.45) is 0 Å². The van der Waals surface area contributed by atoms with Gasteiger partial charge in [0, 0.05) is 7.92 Å². The molecule has 1 atom stereocenters. The molecule has 0 radical (unpaired) electrons. The number of urea groups is 1. The summed E-state index contributed by atoms with van der Waals surface area (Å²) < 4.78 is 7.85. The summed E-state index contributed by atoms with van der Waals surface area (Å²) in [5.74, 6) is -0.432. The Morgan fingerprint density at radius 3 is 2.67 bits per heavy atom. The van der Waals surface area contributed by atoms with Crippen LogP contribution in [0.4, 0.5) is 4.79 Å². The summed E-state index contributed by atoms with van der Waals surface area (Å²) >= 11 is 0. The fourth-order valence-corrected chi connectivity index (χ4v) is 1.76. The minimum atomic E-state index is -0.583. The first kappa shape index (κ1) is 15.5. The summed E-state index contributed by atoms with van der Waals surface area (Å²) in [6.07, 6.45) is 3.55. The number of carbonyl (C=O) groups is 2. The Morgan fingerprint density at radius 2 is 1.95 bits per heavy atom. The van der Waals surface area contributed by atoms with Gasteiger partial charge in [0.25, 0.3) is 0 Å². The summed E-state index contributed by atoms with van der Waals surface area (Å²) in [5, 5.41) is 7.66. The summed E-state index contributed by atoms with van der Waals surface area (Å²) in [5.41, 5.74) is 1.03. The number of imide groups is 1. The number of unbranched alkanes of at least 4 members (excludes halogenated alkanes) is 2. The molecule has 5 nitrogen and oxygen atoms in total. The van der Waals surface area contributed by atoms with E-state index in [9.17, 15) is 9.59 Å². The van der Waals surface area contributed by atoms with Gasteiger partial charge in [-0.3, -0.25) is 10.1 Å². The van der Waals surface area contributed by atoms with Gasteiger partial charge in [-0.1, -0.05) is 50.1 Å². The Balaban J connectivity index is 2.15. The average Bonchev–Trinajstić information content (AvgIpc) is 2.50. The Bertz CT molecular complexity index is 454. The lowest BCUT2D eigenvalue weighted by molar-refractivity contribution is -0.119. The van der Waals surface area contributed by atoms with Crippen molar-refractivity contribution in [3.63, 3.8) is 0 Å².